The van der Waals surface area contributed by atoms with Gasteiger partial charge in [0.2, 0.25) is 0 Å². The minimum absolute atomic E-state index is 0. The minimum Gasteiger partial charge on any atom is -2.00 e. The number of rotatable bonds is 8. The third-order valence-corrected chi connectivity index (χ3v) is 9.94. The van der Waals surface area contributed by atoms with Crippen LogP contribution in [0.2, 0.25) is 0 Å². The van der Waals surface area contributed by atoms with Gasteiger partial charge in [0.1, 0.15) is 22.9 Å². The maximum absolute atomic E-state index is 13.2. The Morgan fingerprint density at radius 2 is 0.726 bits per heavy atom. The fourth-order valence-electron chi connectivity index (χ4n) is 6.28. The quantitative estimate of drug-likeness (QED) is 0.142. The molecule has 62 heavy (non-hydrogen) atoms. The van der Waals surface area contributed by atoms with Crippen LogP contribution in [-0.4, -0.2) is 12.4 Å². The molecule has 0 fully saturated rings. The summed E-state index contributed by atoms with van der Waals surface area (Å²) in [6.07, 6.45) is 3.33. The van der Waals surface area contributed by atoms with Crippen molar-refractivity contribution in [2.24, 2.45) is 9.98 Å². The monoisotopic (exact) mass is 867 g/mol. The molecular formula is C54H60N2O5V. The van der Waals surface area contributed by atoms with Crippen LogP contribution in [0, 0.1) is 0 Å². The third kappa shape index (κ3) is 13.7. The fourth-order valence-corrected chi connectivity index (χ4v) is 6.28. The van der Waals surface area contributed by atoms with Crippen molar-refractivity contribution in [1.82, 2.24) is 0 Å². The largest absolute Gasteiger partial charge is 4.00 e. The van der Waals surface area contributed by atoms with Crippen LogP contribution in [-0.2, 0) is 45.7 Å². The molecule has 1 radical (unpaired) electrons. The smallest absolute Gasteiger partial charge is 2.00 e. The summed E-state index contributed by atoms with van der Waals surface area (Å²) in [5.74, 6) is 2.84. The van der Waals surface area contributed by atoms with Gasteiger partial charge in [0.05, 0.1) is 0 Å². The summed E-state index contributed by atoms with van der Waals surface area (Å²) >= 11 is 0. The maximum Gasteiger partial charge on any atom is 4.00 e. The Labute approximate surface area is 381 Å². The van der Waals surface area contributed by atoms with E-state index in [1.165, 1.54) is 0 Å². The Hall–Kier alpha value is -5.60. The Morgan fingerprint density at radius 3 is 1.03 bits per heavy atom. The molecule has 0 aliphatic carbocycles. The van der Waals surface area contributed by atoms with Gasteiger partial charge in [-0.05, 0) is 104 Å². The van der Waals surface area contributed by atoms with E-state index in [1.807, 2.05) is 133 Å². The van der Waals surface area contributed by atoms with Gasteiger partial charge in [-0.1, -0.05) is 180 Å². The van der Waals surface area contributed by atoms with E-state index in [0.717, 1.165) is 33.8 Å². The zero-order valence-corrected chi connectivity index (χ0v) is 39.6. The number of benzene rings is 6. The van der Waals surface area contributed by atoms with Gasteiger partial charge < -0.3 is 25.2 Å². The first-order chi connectivity index (χ1) is 28.1. The first-order valence-electron chi connectivity index (χ1n) is 20.6. The van der Waals surface area contributed by atoms with Crippen LogP contribution in [0.4, 0.5) is 11.4 Å². The average molecular weight is 868 g/mol. The van der Waals surface area contributed by atoms with E-state index >= 15 is 0 Å². The molecule has 0 aliphatic rings. The maximum atomic E-state index is 13.2. The van der Waals surface area contributed by atoms with Crippen molar-refractivity contribution in [3.8, 4) is 34.5 Å². The normalized spacial score (nSPS) is 11.9. The molecule has 0 aromatic heterocycles. The van der Waals surface area contributed by atoms with Crippen molar-refractivity contribution in [1.29, 1.82) is 0 Å². The second kappa shape index (κ2) is 21.0. The van der Waals surface area contributed by atoms with Gasteiger partial charge in [0, 0.05) is 12.4 Å². The number of hydrogen-bond donors (Lipinski definition) is 0. The van der Waals surface area contributed by atoms with E-state index in [-0.39, 0.29) is 57.2 Å². The summed E-state index contributed by atoms with van der Waals surface area (Å²) in [5, 5.41) is 26.3. The van der Waals surface area contributed by atoms with Crippen LogP contribution < -0.4 is 19.7 Å². The molecule has 7 nitrogen and oxygen atoms in total. The number of aliphatic imine (C=N–C) groups is 2. The Balaban J connectivity index is 0.000000320. The molecule has 0 bridgehead atoms. The number of hydrogen-bond acceptors (Lipinski definition) is 6. The molecule has 0 unspecified atom stereocenters. The van der Waals surface area contributed by atoms with Crippen LogP contribution in [0.5, 0.6) is 34.5 Å². The molecule has 0 N–H and O–H groups in total. The fraction of sp³-hybridized carbons (Fsp3) is 0.296. The van der Waals surface area contributed by atoms with Crippen molar-refractivity contribution in [2.45, 2.75) is 105 Å². The van der Waals surface area contributed by atoms with Crippen LogP contribution in [0.1, 0.15) is 116 Å². The Morgan fingerprint density at radius 1 is 0.419 bits per heavy atom. The van der Waals surface area contributed by atoms with Gasteiger partial charge >= 0.3 is 18.6 Å². The van der Waals surface area contributed by atoms with Crippen LogP contribution in [0.25, 0.3) is 0 Å². The van der Waals surface area contributed by atoms with Crippen molar-refractivity contribution in [2.75, 3.05) is 0 Å². The summed E-state index contributed by atoms with van der Waals surface area (Å²) in [5.41, 5.74) is 5.82. The summed E-state index contributed by atoms with van der Waals surface area (Å²) in [7, 11) is 0. The molecule has 0 saturated carbocycles. The van der Waals surface area contributed by atoms with Gasteiger partial charge in [-0.2, -0.15) is 0 Å². The zero-order chi connectivity index (χ0) is 43.9. The molecule has 0 spiro atoms. The standard InChI is InChI=1S/2C27H31NO2.O.V/c2*1-26(2,3)20-16-19(25(29)22(17-20)27(4,5)6)18-28-23-14-10-11-15-24(23)30-21-12-8-7-9-13-21;;/h2*7-18,29H,1-6H3;;/q;;-2;+4/p-2. The van der Waals surface area contributed by atoms with Crippen molar-refractivity contribution in [3.63, 3.8) is 0 Å². The van der Waals surface area contributed by atoms with Crippen LogP contribution in [0.3, 0.4) is 0 Å². The van der Waals surface area contributed by atoms with Gasteiger partial charge in [-0.25, -0.2) is 0 Å². The molecule has 0 saturated heterocycles. The zero-order valence-electron chi connectivity index (χ0n) is 38.2. The summed E-state index contributed by atoms with van der Waals surface area (Å²) in [6.45, 7) is 25.4. The van der Waals surface area contributed by atoms with E-state index in [4.69, 9.17) is 9.47 Å². The molecular weight excluding hydrogens is 808 g/mol. The third-order valence-electron chi connectivity index (χ3n) is 9.94. The predicted octanol–water partition coefficient (Wildman–Crippen LogP) is 13.7. The van der Waals surface area contributed by atoms with Crippen LogP contribution >= 0.6 is 0 Å². The van der Waals surface area contributed by atoms with Crippen molar-refractivity contribution < 1.29 is 43.7 Å². The molecule has 8 heteroatoms. The first-order valence-corrected chi connectivity index (χ1v) is 20.6. The number of ether oxygens (including phenoxy) is 2. The van der Waals surface area contributed by atoms with Crippen molar-refractivity contribution >= 4 is 23.8 Å². The molecule has 6 aromatic carbocycles. The Bertz CT molecular complexity index is 2260. The average Bonchev–Trinajstić information content (AvgIpc) is 3.17. The van der Waals surface area contributed by atoms with Gasteiger partial charge in [-0.3, -0.25) is 9.98 Å². The predicted molar refractivity (Wildman–Crippen MR) is 248 cm³/mol. The summed E-state index contributed by atoms with van der Waals surface area (Å²) < 4.78 is 12.0. The molecule has 6 aromatic rings. The summed E-state index contributed by atoms with van der Waals surface area (Å²) in [4.78, 5) is 9.26. The van der Waals surface area contributed by atoms with E-state index < -0.39 is 0 Å². The number of nitrogens with zero attached hydrogens (tertiary/aromatic N) is 2. The van der Waals surface area contributed by atoms with Gasteiger partial charge in [0.15, 0.2) is 11.5 Å². The molecule has 0 amide bonds. The minimum atomic E-state index is -0.241. The second-order valence-corrected chi connectivity index (χ2v) is 19.2. The van der Waals surface area contributed by atoms with Gasteiger partial charge in [0.25, 0.3) is 0 Å². The molecule has 0 aliphatic heterocycles. The van der Waals surface area contributed by atoms with E-state index in [9.17, 15) is 10.2 Å². The Kier molecular flexibility index (Phi) is 17.2. The second-order valence-electron chi connectivity index (χ2n) is 19.2. The SMILES string of the molecule is CC(C)(C)c1cc(C=Nc2ccccc2Oc2ccccc2)c([O-])c(C(C)(C)C)c1.CC(C)(C)c1cc(C=Nc2ccccc2Oc2ccccc2)c([O-])c(C(C)(C)C)c1.[O-2].[V+4]. The van der Waals surface area contributed by atoms with Gasteiger partial charge in [-0.15, -0.1) is 0 Å². The first kappa shape index (κ1) is 50.8. The summed E-state index contributed by atoms with van der Waals surface area (Å²) in [6, 6.07) is 42.4. The molecule has 321 valence electrons. The van der Waals surface area contributed by atoms with E-state index in [2.05, 4.69) is 93.1 Å². The van der Waals surface area contributed by atoms with E-state index in [1.54, 1.807) is 12.4 Å². The number of para-hydroxylation sites is 6. The molecule has 6 rings (SSSR count). The molecule has 0 heterocycles. The van der Waals surface area contributed by atoms with E-state index in [0.29, 0.717) is 34.0 Å². The molecule has 0 atom stereocenters. The van der Waals surface area contributed by atoms with Crippen molar-refractivity contribution in [3.05, 3.63) is 167 Å². The van der Waals surface area contributed by atoms with Crippen LogP contribution in [0.15, 0.2) is 143 Å². The topological polar surface area (TPSA) is 118 Å².